The van der Waals surface area contributed by atoms with Crippen molar-refractivity contribution in [1.82, 2.24) is 5.32 Å². The summed E-state index contributed by atoms with van der Waals surface area (Å²) in [5.41, 5.74) is 1.72. The third-order valence-electron chi connectivity index (χ3n) is 4.47. The summed E-state index contributed by atoms with van der Waals surface area (Å²) in [4.78, 5) is 0. The fourth-order valence-electron chi connectivity index (χ4n) is 3.19. The highest BCUT2D eigenvalue weighted by atomic mass is 16.5. The highest BCUT2D eigenvalue weighted by Gasteiger charge is 2.25. The third-order valence-corrected chi connectivity index (χ3v) is 4.47. The van der Waals surface area contributed by atoms with Crippen molar-refractivity contribution in [2.45, 2.75) is 52.5 Å². The predicted octanol–water partition coefficient (Wildman–Crippen LogP) is 4.15. The van der Waals surface area contributed by atoms with E-state index in [-0.39, 0.29) is 0 Å². The normalized spacial score (nSPS) is 17.5. The van der Waals surface area contributed by atoms with Crippen LogP contribution in [0.4, 0.5) is 0 Å². The van der Waals surface area contributed by atoms with Gasteiger partial charge in [-0.2, -0.15) is 0 Å². The van der Waals surface area contributed by atoms with Crippen LogP contribution in [-0.4, -0.2) is 20.3 Å². The van der Waals surface area contributed by atoms with Gasteiger partial charge in [-0.3, -0.25) is 0 Å². The summed E-state index contributed by atoms with van der Waals surface area (Å²) in [7, 11) is 1.69. The molecule has 0 unspecified atom stereocenters. The molecule has 21 heavy (non-hydrogen) atoms. The highest BCUT2D eigenvalue weighted by molar-refractivity contribution is 5.42. The molecule has 118 valence electrons. The lowest BCUT2D eigenvalue weighted by Crippen LogP contribution is -2.33. The number of hydrogen-bond donors (Lipinski definition) is 1. The van der Waals surface area contributed by atoms with Gasteiger partial charge in [0.05, 0.1) is 13.7 Å². The largest absolute Gasteiger partial charge is 0.493 e. The van der Waals surface area contributed by atoms with Gasteiger partial charge >= 0.3 is 0 Å². The van der Waals surface area contributed by atoms with E-state index < -0.39 is 0 Å². The Bertz CT molecular complexity index is 439. The van der Waals surface area contributed by atoms with Crippen LogP contribution in [0.25, 0.3) is 0 Å². The first-order valence-corrected chi connectivity index (χ1v) is 8.17. The molecule has 0 bridgehead atoms. The number of nitrogens with one attached hydrogen (secondary N) is 1. The van der Waals surface area contributed by atoms with Gasteiger partial charge in [-0.15, -0.1) is 0 Å². The Labute approximate surface area is 129 Å². The van der Waals surface area contributed by atoms with E-state index in [1.807, 2.05) is 13.0 Å². The first-order valence-electron chi connectivity index (χ1n) is 8.17. The van der Waals surface area contributed by atoms with Gasteiger partial charge in [-0.05, 0) is 42.9 Å². The van der Waals surface area contributed by atoms with Gasteiger partial charge < -0.3 is 14.8 Å². The molecule has 1 aliphatic carbocycles. The molecule has 0 radical (unpaired) electrons. The lowest BCUT2D eigenvalue weighted by atomic mass is 9.76. The van der Waals surface area contributed by atoms with Gasteiger partial charge in [0.2, 0.25) is 0 Å². The van der Waals surface area contributed by atoms with Gasteiger partial charge in [0, 0.05) is 13.1 Å². The van der Waals surface area contributed by atoms with Crippen molar-refractivity contribution in [2.75, 3.05) is 20.3 Å². The minimum Gasteiger partial charge on any atom is -0.493 e. The summed E-state index contributed by atoms with van der Waals surface area (Å²) >= 11 is 0. The Hall–Kier alpha value is -1.22. The minimum atomic E-state index is 0.480. The molecule has 3 heteroatoms. The van der Waals surface area contributed by atoms with Gasteiger partial charge in [0.1, 0.15) is 0 Å². The van der Waals surface area contributed by atoms with Crippen molar-refractivity contribution < 1.29 is 9.47 Å². The monoisotopic (exact) mass is 291 g/mol. The van der Waals surface area contributed by atoms with Crippen molar-refractivity contribution in [3.8, 4) is 11.5 Å². The molecule has 0 atom stereocenters. The molecular weight excluding hydrogens is 262 g/mol. The molecule has 1 saturated carbocycles. The van der Waals surface area contributed by atoms with Crippen molar-refractivity contribution in [3.05, 3.63) is 23.8 Å². The van der Waals surface area contributed by atoms with Gasteiger partial charge in [-0.25, -0.2) is 0 Å². The average Bonchev–Trinajstić information content (AvgIpc) is 2.49. The second kappa shape index (κ2) is 7.69. The van der Waals surface area contributed by atoms with Crippen LogP contribution in [-0.2, 0) is 6.54 Å². The maximum Gasteiger partial charge on any atom is 0.161 e. The Balaban J connectivity index is 1.88. The van der Waals surface area contributed by atoms with Crippen molar-refractivity contribution in [3.63, 3.8) is 0 Å². The summed E-state index contributed by atoms with van der Waals surface area (Å²) in [5.74, 6) is 1.64. The summed E-state index contributed by atoms with van der Waals surface area (Å²) in [6.45, 7) is 7.05. The number of methoxy groups -OCH3 is 1. The van der Waals surface area contributed by atoms with Crippen molar-refractivity contribution in [1.29, 1.82) is 0 Å². The smallest absolute Gasteiger partial charge is 0.161 e. The lowest BCUT2D eigenvalue weighted by molar-refractivity contribution is 0.207. The van der Waals surface area contributed by atoms with Crippen LogP contribution in [0.2, 0.25) is 0 Å². The van der Waals surface area contributed by atoms with E-state index in [4.69, 9.17) is 9.47 Å². The van der Waals surface area contributed by atoms with Crippen LogP contribution in [0.1, 0.15) is 51.5 Å². The molecule has 0 aliphatic heterocycles. The number of ether oxygens (including phenoxy) is 2. The van der Waals surface area contributed by atoms with E-state index in [9.17, 15) is 0 Å². The molecule has 0 amide bonds. The zero-order valence-corrected chi connectivity index (χ0v) is 13.7. The summed E-state index contributed by atoms with van der Waals surface area (Å²) in [5, 5.41) is 3.62. The summed E-state index contributed by atoms with van der Waals surface area (Å²) in [6, 6.07) is 6.19. The van der Waals surface area contributed by atoms with E-state index in [2.05, 4.69) is 24.4 Å². The number of rotatable bonds is 7. The second-order valence-corrected chi connectivity index (χ2v) is 6.39. The average molecular weight is 291 g/mol. The number of hydrogen-bond acceptors (Lipinski definition) is 3. The first-order chi connectivity index (χ1) is 10.2. The Kier molecular flexibility index (Phi) is 5.92. The Morgan fingerprint density at radius 2 is 1.90 bits per heavy atom. The molecule has 2 rings (SSSR count). The van der Waals surface area contributed by atoms with Crippen LogP contribution in [0.3, 0.4) is 0 Å². The minimum absolute atomic E-state index is 0.480. The molecule has 0 heterocycles. The standard InChI is InChI=1S/C18H29NO2/c1-4-21-16-9-8-15(12-17(16)20-3)13-19-14-18(2)10-6-5-7-11-18/h8-9,12,19H,4-7,10-11,13-14H2,1-3H3. The van der Waals surface area contributed by atoms with Crippen LogP contribution in [0, 0.1) is 5.41 Å². The molecule has 1 aromatic carbocycles. The van der Waals surface area contributed by atoms with Gasteiger partial charge in [0.25, 0.3) is 0 Å². The van der Waals surface area contributed by atoms with Crippen LogP contribution >= 0.6 is 0 Å². The number of benzene rings is 1. The zero-order chi connectivity index (χ0) is 15.1. The summed E-state index contributed by atoms with van der Waals surface area (Å²) < 4.78 is 11.0. The zero-order valence-electron chi connectivity index (χ0n) is 13.7. The van der Waals surface area contributed by atoms with Crippen LogP contribution < -0.4 is 14.8 Å². The molecule has 1 fully saturated rings. The molecule has 0 saturated heterocycles. The molecule has 1 aliphatic rings. The maximum absolute atomic E-state index is 5.55. The SMILES string of the molecule is CCOc1ccc(CNCC2(C)CCCCC2)cc1OC. The predicted molar refractivity (Wildman–Crippen MR) is 87.1 cm³/mol. The maximum atomic E-state index is 5.55. The third kappa shape index (κ3) is 4.63. The molecule has 1 N–H and O–H groups in total. The molecule has 3 nitrogen and oxygen atoms in total. The van der Waals surface area contributed by atoms with Gasteiger partial charge in [-0.1, -0.05) is 32.3 Å². The topological polar surface area (TPSA) is 30.5 Å². The Morgan fingerprint density at radius 1 is 1.14 bits per heavy atom. The van der Waals surface area contributed by atoms with E-state index >= 15 is 0 Å². The van der Waals surface area contributed by atoms with E-state index in [1.165, 1.54) is 37.7 Å². The van der Waals surface area contributed by atoms with Crippen LogP contribution in [0.15, 0.2) is 18.2 Å². The van der Waals surface area contributed by atoms with Gasteiger partial charge in [0.15, 0.2) is 11.5 Å². The quantitative estimate of drug-likeness (QED) is 0.818. The Morgan fingerprint density at radius 3 is 2.57 bits per heavy atom. The highest BCUT2D eigenvalue weighted by Crippen LogP contribution is 2.35. The molecule has 0 aromatic heterocycles. The summed E-state index contributed by atoms with van der Waals surface area (Å²) in [6.07, 6.45) is 6.88. The van der Waals surface area contributed by atoms with Crippen molar-refractivity contribution >= 4 is 0 Å². The van der Waals surface area contributed by atoms with E-state index in [1.54, 1.807) is 7.11 Å². The fraction of sp³-hybridized carbons (Fsp3) is 0.667. The molecule has 0 spiro atoms. The van der Waals surface area contributed by atoms with Crippen molar-refractivity contribution in [2.24, 2.45) is 5.41 Å². The lowest BCUT2D eigenvalue weighted by Gasteiger charge is -2.33. The van der Waals surface area contributed by atoms with E-state index in [0.29, 0.717) is 12.0 Å². The molecule has 1 aromatic rings. The van der Waals surface area contributed by atoms with E-state index in [0.717, 1.165) is 24.6 Å². The molecular formula is C18H29NO2. The fourth-order valence-corrected chi connectivity index (χ4v) is 3.19. The second-order valence-electron chi connectivity index (χ2n) is 6.39. The van der Waals surface area contributed by atoms with Crippen LogP contribution in [0.5, 0.6) is 11.5 Å². The first kappa shape index (κ1) is 16.2.